The summed E-state index contributed by atoms with van der Waals surface area (Å²) in [5.74, 6) is -9.22. The first-order chi connectivity index (χ1) is 7.88. The molecule has 0 saturated heterocycles. The molecule has 1 aromatic carbocycles. The molecule has 0 unspecified atom stereocenters. The predicted octanol–water partition coefficient (Wildman–Crippen LogP) is 2.23. The van der Waals surface area contributed by atoms with Crippen LogP contribution >= 0.6 is 0 Å². The average Bonchev–Trinajstić information content (AvgIpc) is 2.29. The van der Waals surface area contributed by atoms with Gasteiger partial charge in [-0.1, -0.05) is 0 Å². The maximum Gasteiger partial charge on any atom is 0.346 e. The Morgan fingerprint density at radius 2 is 1.82 bits per heavy atom. The van der Waals surface area contributed by atoms with Crippen molar-refractivity contribution in [2.75, 3.05) is 0 Å². The van der Waals surface area contributed by atoms with E-state index in [2.05, 4.69) is 0 Å². The normalized spacial score (nSPS) is 11.1. The Morgan fingerprint density at radius 1 is 1.24 bits per heavy atom. The summed E-state index contributed by atoms with van der Waals surface area (Å²) in [5.41, 5.74) is -1.80. The molecule has 0 aliphatic carbocycles. The van der Waals surface area contributed by atoms with Crippen molar-refractivity contribution in [1.82, 2.24) is 0 Å². The van der Waals surface area contributed by atoms with Gasteiger partial charge in [-0.15, -0.1) is 0 Å². The standard InChI is InChI=1S/C10H3F4NO2/c11-6-2-4(1-5(3-15)10(16)17)7(12)9(14)8(6)13/h1-2H,(H,16,17). The molecule has 0 aliphatic rings. The number of benzene rings is 1. The maximum atomic E-state index is 13.1. The largest absolute Gasteiger partial charge is 0.477 e. The monoisotopic (exact) mass is 245 g/mol. The Morgan fingerprint density at radius 3 is 2.29 bits per heavy atom. The second-order valence-electron chi connectivity index (χ2n) is 2.86. The van der Waals surface area contributed by atoms with E-state index in [4.69, 9.17) is 10.4 Å². The minimum Gasteiger partial charge on any atom is -0.477 e. The van der Waals surface area contributed by atoms with Crippen molar-refractivity contribution in [1.29, 1.82) is 5.26 Å². The fraction of sp³-hybridized carbons (Fsp3) is 0. The SMILES string of the molecule is N#CC(=Cc1cc(F)c(F)c(F)c1F)C(=O)O. The number of aliphatic carboxylic acids is 1. The smallest absolute Gasteiger partial charge is 0.346 e. The zero-order valence-corrected chi connectivity index (χ0v) is 7.97. The molecule has 88 valence electrons. The van der Waals surface area contributed by atoms with Crippen LogP contribution < -0.4 is 0 Å². The number of halogens is 4. The van der Waals surface area contributed by atoms with Crippen LogP contribution in [0.5, 0.6) is 0 Å². The number of nitriles is 1. The van der Waals surface area contributed by atoms with E-state index in [1.165, 1.54) is 6.07 Å². The molecular formula is C10H3F4NO2. The van der Waals surface area contributed by atoms with E-state index in [9.17, 15) is 22.4 Å². The molecule has 0 amide bonds. The Balaban J connectivity index is 3.45. The Labute approximate surface area is 92.2 Å². The lowest BCUT2D eigenvalue weighted by molar-refractivity contribution is -0.132. The van der Waals surface area contributed by atoms with Crippen LogP contribution in [0.1, 0.15) is 5.56 Å². The summed E-state index contributed by atoms with van der Waals surface area (Å²) < 4.78 is 51.1. The van der Waals surface area contributed by atoms with E-state index >= 15 is 0 Å². The van der Waals surface area contributed by atoms with Gasteiger partial charge in [0.2, 0.25) is 0 Å². The lowest BCUT2D eigenvalue weighted by Gasteiger charge is -2.01. The van der Waals surface area contributed by atoms with Crippen molar-refractivity contribution in [3.8, 4) is 6.07 Å². The third-order valence-corrected chi connectivity index (χ3v) is 1.78. The first-order valence-corrected chi connectivity index (χ1v) is 4.06. The number of hydrogen-bond acceptors (Lipinski definition) is 2. The van der Waals surface area contributed by atoms with Gasteiger partial charge in [-0.25, -0.2) is 22.4 Å². The van der Waals surface area contributed by atoms with E-state index in [0.29, 0.717) is 6.08 Å². The number of carboxylic acids is 1. The van der Waals surface area contributed by atoms with Gasteiger partial charge in [-0.05, 0) is 12.1 Å². The highest BCUT2D eigenvalue weighted by Gasteiger charge is 2.19. The lowest BCUT2D eigenvalue weighted by Crippen LogP contribution is -2.01. The summed E-state index contributed by atoms with van der Waals surface area (Å²) in [5, 5.41) is 16.8. The summed E-state index contributed by atoms with van der Waals surface area (Å²) in [6.07, 6.45) is 0.406. The van der Waals surface area contributed by atoms with E-state index in [1.807, 2.05) is 0 Å². The summed E-state index contributed by atoms with van der Waals surface area (Å²) in [6.45, 7) is 0. The number of carbonyl (C=O) groups is 1. The van der Waals surface area contributed by atoms with Gasteiger partial charge >= 0.3 is 5.97 Å². The molecule has 1 aromatic rings. The second-order valence-corrected chi connectivity index (χ2v) is 2.86. The van der Waals surface area contributed by atoms with Crippen molar-refractivity contribution < 1.29 is 27.5 Å². The fourth-order valence-corrected chi connectivity index (χ4v) is 0.994. The summed E-state index contributed by atoms with van der Waals surface area (Å²) >= 11 is 0. The molecule has 1 N–H and O–H groups in total. The minimum absolute atomic E-state index is 0.258. The van der Waals surface area contributed by atoms with E-state index in [0.717, 1.165) is 0 Å². The van der Waals surface area contributed by atoms with Gasteiger partial charge in [0.05, 0.1) is 0 Å². The van der Waals surface area contributed by atoms with Crippen molar-refractivity contribution in [3.05, 3.63) is 40.5 Å². The minimum atomic E-state index is -2.07. The third kappa shape index (κ3) is 2.42. The number of rotatable bonds is 2. The lowest BCUT2D eigenvalue weighted by atomic mass is 10.1. The Bertz CT molecular complexity index is 560. The predicted molar refractivity (Wildman–Crippen MR) is 47.5 cm³/mol. The number of hydrogen-bond donors (Lipinski definition) is 1. The van der Waals surface area contributed by atoms with E-state index in [-0.39, 0.29) is 6.07 Å². The molecule has 1 rings (SSSR count). The van der Waals surface area contributed by atoms with Gasteiger partial charge in [0.15, 0.2) is 23.3 Å². The zero-order chi connectivity index (χ0) is 13.2. The van der Waals surface area contributed by atoms with Crippen molar-refractivity contribution in [2.45, 2.75) is 0 Å². The molecule has 0 radical (unpaired) electrons. The third-order valence-electron chi connectivity index (χ3n) is 1.78. The molecule has 3 nitrogen and oxygen atoms in total. The van der Waals surface area contributed by atoms with Crippen LogP contribution in [0.25, 0.3) is 6.08 Å². The quantitative estimate of drug-likeness (QED) is 0.286. The fourth-order valence-electron chi connectivity index (χ4n) is 0.994. The number of carboxylic acid groups (broad SMARTS) is 1. The molecular weight excluding hydrogens is 242 g/mol. The van der Waals surface area contributed by atoms with Crippen molar-refractivity contribution in [3.63, 3.8) is 0 Å². The van der Waals surface area contributed by atoms with Gasteiger partial charge in [0.25, 0.3) is 0 Å². The highest BCUT2D eigenvalue weighted by molar-refractivity contribution is 5.96. The van der Waals surface area contributed by atoms with Crippen LogP contribution in [-0.2, 0) is 4.79 Å². The van der Waals surface area contributed by atoms with Gasteiger partial charge in [0.1, 0.15) is 11.6 Å². The molecule has 0 saturated carbocycles. The van der Waals surface area contributed by atoms with Crippen LogP contribution in [0, 0.1) is 34.6 Å². The maximum absolute atomic E-state index is 13.1. The van der Waals surface area contributed by atoms with Gasteiger partial charge in [-0.2, -0.15) is 5.26 Å². The number of nitrogens with zero attached hydrogens (tertiary/aromatic N) is 1. The summed E-state index contributed by atoms with van der Waals surface area (Å²) in [6, 6.07) is 1.44. The molecule has 0 heterocycles. The molecule has 7 heteroatoms. The topological polar surface area (TPSA) is 61.1 Å². The van der Waals surface area contributed by atoms with Crippen LogP contribution in [0.15, 0.2) is 11.6 Å². The molecule has 0 bridgehead atoms. The van der Waals surface area contributed by atoms with Gasteiger partial charge in [-0.3, -0.25) is 0 Å². The van der Waals surface area contributed by atoms with Crippen LogP contribution in [0.3, 0.4) is 0 Å². The molecule has 0 aromatic heterocycles. The highest BCUT2D eigenvalue weighted by Crippen LogP contribution is 2.20. The molecule has 0 spiro atoms. The van der Waals surface area contributed by atoms with Gasteiger partial charge in [0, 0.05) is 5.56 Å². The molecule has 0 aliphatic heterocycles. The summed E-state index contributed by atoms with van der Waals surface area (Å²) in [7, 11) is 0. The molecule has 17 heavy (non-hydrogen) atoms. The van der Waals surface area contributed by atoms with Crippen LogP contribution in [-0.4, -0.2) is 11.1 Å². The van der Waals surface area contributed by atoms with Crippen molar-refractivity contribution in [2.24, 2.45) is 0 Å². The summed E-state index contributed by atoms with van der Waals surface area (Å²) in [4.78, 5) is 10.4. The zero-order valence-electron chi connectivity index (χ0n) is 7.97. The van der Waals surface area contributed by atoms with Gasteiger partial charge < -0.3 is 5.11 Å². The molecule has 0 fully saturated rings. The average molecular weight is 245 g/mol. The second kappa shape index (κ2) is 4.65. The van der Waals surface area contributed by atoms with Crippen molar-refractivity contribution >= 4 is 12.0 Å². The molecule has 0 atom stereocenters. The van der Waals surface area contributed by atoms with E-state index in [1.54, 1.807) is 0 Å². The highest BCUT2D eigenvalue weighted by atomic mass is 19.2. The van der Waals surface area contributed by atoms with Crippen LogP contribution in [0.4, 0.5) is 17.6 Å². The Hall–Kier alpha value is -2.36. The Kier molecular flexibility index (Phi) is 3.48. The first kappa shape index (κ1) is 12.7. The van der Waals surface area contributed by atoms with Crippen LogP contribution in [0.2, 0.25) is 0 Å². The van der Waals surface area contributed by atoms with E-state index < -0.39 is 40.4 Å². The first-order valence-electron chi connectivity index (χ1n) is 4.06.